The van der Waals surface area contributed by atoms with Crippen molar-refractivity contribution in [3.05, 3.63) is 101 Å². The number of pyridine rings is 1. The number of piperazine rings is 2. The van der Waals surface area contributed by atoms with Crippen LogP contribution in [0.3, 0.4) is 0 Å². The minimum Gasteiger partial charge on any atom is -0.490 e. The van der Waals surface area contributed by atoms with Gasteiger partial charge in [-0.3, -0.25) is 24.6 Å². The van der Waals surface area contributed by atoms with Crippen LogP contribution in [0, 0.1) is 19.7 Å². The number of H-pyrrole nitrogens is 1. The van der Waals surface area contributed by atoms with Crippen LogP contribution in [-0.4, -0.2) is 188 Å². The van der Waals surface area contributed by atoms with Crippen LogP contribution in [0.25, 0.3) is 10.9 Å². The molecule has 22 heteroatoms. The number of anilines is 3. The van der Waals surface area contributed by atoms with E-state index in [2.05, 4.69) is 80.9 Å². The lowest BCUT2D eigenvalue weighted by Crippen LogP contribution is -2.62. The fourth-order valence-corrected chi connectivity index (χ4v) is 11.5. The molecular formula is C57H78FN11O9S. The number of aromatic nitrogens is 5. The monoisotopic (exact) mass is 1110 g/mol. The molecule has 0 aliphatic carbocycles. The quantitative estimate of drug-likeness (QED) is 0.0614. The minimum atomic E-state index is -3.84. The summed E-state index contributed by atoms with van der Waals surface area (Å²) >= 11 is 0. The van der Waals surface area contributed by atoms with E-state index in [1.807, 2.05) is 29.8 Å². The number of ether oxygens (including phenoxy) is 5. The van der Waals surface area contributed by atoms with Gasteiger partial charge in [0.25, 0.3) is 0 Å². The summed E-state index contributed by atoms with van der Waals surface area (Å²) in [5.74, 6) is 0.816. The molecule has 2 fully saturated rings. The summed E-state index contributed by atoms with van der Waals surface area (Å²) in [7, 11) is -3.84. The summed E-state index contributed by atoms with van der Waals surface area (Å²) in [6, 6.07) is 11.8. The Bertz CT molecular complexity index is 3060. The molecule has 3 aliphatic heterocycles. The van der Waals surface area contributed by atoms with E-state index in [4.69, 9.17) is 28.7 Å². The Hall–Kier alpha value is -6.14. The van der Waals surface area contributed by atoms with Gasteiger partial charge in [0.05, 0.1) is 80.5 Å². The summed E-state index contributed by atoms with van der Waals surface area (Å²) in [4.78, 5) is 49.5. The van der Waals surface area contributed by atoms with E-state index in [-0.39, 0.29) is 84.8 Å². The number of carbonyl (C=O) groups is 2. The molecule has 20 nitrogen and oxygen atoms in total. The molecule has 79 heavy (non-hydrogen) atoms. The molecule has 3 N–H and O–H groups in total. The van der Waals surface area contributed by atoms with Gasteiger partial charge < -0.3 is 49.0 Å². The average molecular weight is 1110 g/mol. The first-order chi connectivity index (χ1) is 37.6. The van der Waals surface area contributed by atoms with Crippen molar-refractivity contribution in [2.24, 2.45) is 0 Å². The SMILES string of the molecule is C=C([C@H]1CN[C@H](C)CN1CC(=O)N1CC(C)(C)c2ncc(Cc3ccc(F)cc3)cc21)N1CCN(C(=O)COCCOCCOCCOCCOc2cc3ncnc(Nc4n[nH]c(C)c4C)c3cc2S(=O)(=O)C(C)(C)C)CC1C. The van der Waals surface area contributed by atoms with E-state index >= 15 is 0 Å². The zero-order valence-electron chi connectivity index (χ0n) is 47.2. The Morgan fingerprint density at radius 2 is 1.54 bits per heavy atom. The first-order valence-electron chi connectivity index (χ1n) is 27.1. The molecule has 0 radical (unpaired) electrons. The predicted octanol–water partition coefficient (Wildman–Crippen LogP) is 5.89. The number of carbonyl (C=O) groups excluding carboxylic acids is 2. The van der Waals surface area contributed by atoms with E-state index in [1.54, 1.807) is 45.0 Å². The average Bonchev–Trinajstić information content (AvgIpc) is 3.92. The summed E-state index contributed by atoms with van der Waals surface area (Å²) in [5.41, 5.74) is 6.57. The lowest BCUT2D eigenvalue weighted by Gasteiger charge is -2.48. The van der Waals surface area contributed by atoms with E-state index in [9.17, 15) is 22.4 Å². The Labute approximate surface area is 463 Å². The Morgan fingerprint density at radius 3 is 2.20 bits per heavy atom. The molecule has 3 atom stereocenters. The highest BCUT2D eigenvalue weighted by Gasteiger charge is 2.42. The standard InChI is InChI=1S/C57H78FN11O9S/c1-37-31-67(33-51(70)69-35-57(9,10)53-47(69)26-43(29-60-53)25-42-11-13-44(58)14-12-42)48(30-59-37)41(5)68-16-15-66(32-38(68)2)52(71)34-77-22-21-75-18-17-74-19-20-76-23-24-78-49-28-46-45(27-50(49)79(72,73)56(6,7)8)55(62-36-61-46)63-54-39(3)40(4)64-65-54/h11-14,26-29,36-38,48,59H,5,15-25,30-35H2,1-4,6-10H3,(H2,61,62,63,64,65)/t37-,38?,48-/m1/s1. The van der Waals surface area contributed by atoms with Crippen molar-refractivity contribution in [2.75, 3.05) is 115 Å². The third-order valence-electron chi connectivity index (χ3n) is 14.8. The van der Waals surface area contributed by atoms with Gasteiger partial charge in [0.2, 0.25) is 11.8 Å². The molecule has 3 aromatic heterocycles. The van der Waals surface area contributed by atoms with Gasteiger partial charge in [-0.05, 0) is 90.3 Å². The van der Waals surface area contributed by atoms with Gasteiger partial charge in [-0.2, -0.15) is 5.10 Å². The van der Waals surface area contributed by atoms with Crippen LogP contribution in [0.2, 0.25) is 0 Å². The molecule has 0 saturated carbocycles. The van der Waals surface area contributed by atoms with Gasteiger partial charge in [-0.15, -0.1) is 0 Å². The summed E-state index contributed by atoms with van der Waals surface area (Å²) in [6.07, 6.45) is 3.85. The molecule has 2 saturated heterocycles. The van der Waals surface area contributed by atoms with Crippen molar-refractivity contribution in [1.29, 1.82) is 0 Å². The third kappa shape index (κ3) is 14.3. The van der Waals surface area contributed by atoms with E-state index in [0.29, 0.717) is 101 Å². The maximum absolute atomic E-state index is 14.3. The Balaban J connectivity index is 0.709. The van der Waals surface area contributed by atoms with Crippen LogP contribution in [0.1, 0.15) is 76.5 Å². The maximum Gasteiger partial charge on any atom is 0.248 e. The number of aromatic amines is 1. The number of fused-ring (bicyclic) bond motifs is 2. The van der Waals surface area contributed by atoms with Crippen molar-refractivity contribution in [2.45, 2.75) is 102 Å². The number of halogens is 1. The topological polar surface area (TPSA) is 219 Å². The Morgan fingerprint density at radius 1 is 0.861 bits per heavy atom. The lowest BCUT2D eigenvalue weighted by molar-refractivity contribution is -0.139. The second-order valence-corrected chi connectivity index (χ2v) is 25.0. The van der Waals surface area contributed by atoms with Crippen LogP contribution in [0.5, 0.6) is 5.75 Å². The van der Waals surface area contributed by atoms with Crippen LogP contribution in [0.15, 0.2) is 72.2 Å². The number of amides is 2. The fraction of sp³-hybridized carbons (Fsp3) is 0.544. The van der Waals surface area contributed by atoms with Crippen molar-refractivity contribution in [3.63, 3.8) is 0 Å². The van der Waals surface area contributed by atoms with Gasteiger partial charge in [0, 0.05) is 91.4 Å². The first kappa shape index (κ1) is 59.0. The van der Waals surface area contributed by atoms with Gasteiger partial charge >= 0.3 is 0 Å². The summed E-state index contributed by atoms with van der Waals surface area (Å²) in [6.45, 7) is 27.6. The zero-order chi connectivity index (χ0) is 56.6. The molecule has 8 rings (SSSR count). The van der Waals surface area contributed by atoms with Gasteiger partial charge in [0.15, 0.2) is 15.7 Å². The third-order valence-corrected chi connectivity index (χ3v) is 17.3. The maximum atomic E-state index is 14.3. The number of aryl methyl sites for hydroxylation is 1. The van der Waals surface area contributed by atoms with Crippen molar-refractivity contribution >= 4 is 49.9 Å². The van der Waals surface area contributed by atoms with Crippen molar-refractivity contribution in [3.8, 4) is 5.75 Å². The lowest BCUT2D eigenvalue weighted by atomic mass is 9.91. The predicted molar refractivity (Wildman–Crippen MR) is 300 cm³/mol. The number of hydrogen-bond donors (Lipinski definition) is 3. The second kappa shape index (κ2) is 25.5. The van der Waals surface area contributed by atoms with E-state index < -0.39 is 14.6 Å². The van der Waals surface area contributed by atoms with Gasteiger partial charge in [-0.1, -0.05) is 32.6 Å². The molecule has 0 spiro atoms. The molecule has 3 aliphatic rings. The normalized spacial score (nSPS) is 18.8. The molecular weight excluding hydrogens is 1030 g/mol. The molecule has 6 heterocycles. The molecule has 5 aromatic rings. The highest BCUT2D eigenvalue weighted by Crippen LogP contribution is 2.41. The zero-order valence-corrected chi connectivity index (χ0v) is 48.0. The first-order valence-corrected chi connectivity index (χ1v) is 28.6. The number of hydrogen-bond acceptors (Lipinski definition) is 17. The number of benzene rings is 2. The second-order valence-electron chi connectivity index (χ2n) is 22.3. The summed E-state index contributed by atoms with van der Waals surface area (Å²) < 4.78 is 68.9. The van der Waals surface area contributed by atoms with E-state index in [1.165, 1.54) is 18.5 Å². The smallest absolute Gasteiger partial charge is 0.248 e. The minimum absolute atomic E-state index is 0.000592. The van der Waals surface area contributed by atoms with Crippen LogP contribution < -0.4 is 20.3 Å². The number of sulfone groups is 1. The number of rotatable bonds is 24. The molecule has 2 amide bonds. The van der Waals surface area contributed by atoms with Crippen molar-refractivity contribution < 1.29 is 46.1 Å². The van der Waals surface area contributed by atoms with Crippen LogP contribution >= 0.6 is 0 Å². The van der Waals surface area contributed by atoms with Crippen molar-refractivity contribution in [1.82, 2.24) is 45.2 Å². The fourth-order valence-electron chi connectivity index (χ4n) is 10.1. The Kier molecular flexibility index (Phi) is 19.1. The van der Waals surface area contributed by atoms with Gasteiger partial charge in [-0.25, -0.2) is 22.8 Å². The largest absolute Gasteiger partial charge is 0.490 e. The molecule has 0 bridgehead atoms. The van der Waals surface area contributed by atoms with E-state index in [0.717, 1.165) is 39.5 Å². The molecule has 1 unspecified atom stereocenters. The van der Waals surface area contributed by atoms with Crippen LogP contribution in [-0.2, 0) is 50.2 Å². The number of nitrogens with zero attached hydrogens (tertiary/aromatic N) is 8. The highest BCUT2D eigenvalue weighted by molar-refractivity contribution is 7.92. The molecule has 428 valence electrons. The highest BCUT2D eigenvalue weighted by atomic mass is 32.2. The summed E-state index contributed by atoms with van der Waals surface area (Å²) in [5, 5.41) is 14.5. The number of nitrogens with one attached hydrogen (secondary N) is 3. The molecule has 2 aromatic carbocycles. The van der Waals surface area contributed by atoms with Crippen LogP contribution in [0.4, 0.5) is 21.7 Å². The van der Waals surface area contributed by atoms with Gasteiger partial charge in [0.1, 0.15) is 41.8 Å².